The Morgan fingerprint density at radius 2 is 2.27 bits per heavy atom. The molecule has 0 saturated heterocycles. The van der Waals surface area contributed by atoms with Gasteiger partial charge in [-0.25, -0.2) is 4.79 Å². The molecule has 0 spiro atoms. The van der Waals surface area contributed by atoms with Gasteiger partial charge in [0.05, 0.1) is 11.6 Å². The van der Waals surface area contributed by atoms with Crippen LogP contribution in [-0.4, -0.2) is 12.6 Å². The zero-order chi connectivity index (χ0) is 11.3. The lowest BCUT2D eigenvalue weighted by atomic mass is 10.2. The second-order valence-electron chi connectivity index (χ2n) is 2.69. The van der Waals surface area contributed by atoms with E-state index in [1.165, 1.54) is 0 Å². The van der Waals surface area contributed by atoms with E-state index < -0.39 is 6.03 Å². The van der Waals surface area contributed by atoms with Crippen molar-refractivity contribution >= 4 is 23.3 Å². The monoisotopic (exact) mass is 223 g/mol. The molecule has 4 nitrogen and oxygen atoms in total. The first kappa shape index (κ1) is 11.4. The van der Waals surface area contributed by atoms with Crippen molar-refractivity contribution < 1.29 is 4.79 Å². The summed E-state index contributed by atoms with van der Waals surface area (Å²) in [6.07, 6.45) is 0. The summed E-state index contributed by atoms with van der Waals surface area (Å²) in [4.78, 5) is 10.6. The minimum absolute atomic E-state index is 0.254. The van der Waals surface area contributed by atoms with E-state index in [4.69, 9.17) is 23.1 Å². The van der Waals surface area contributed by atoms with Crippen molar-refractivity contribution in [3.8, 4) is 11.8 Å². The highest BCUT2D eigenvalue weighted by atomic mass is 35.5. The van der Waals surface area contributed by atoms with Crippen LogP contribution in [0.1, 0.15) is 5.56 Å². The van der Waals surface area contributed by atoms with Crippen LogP contribution in [0.3, 0.4) is 0 Å². The molecule has 0 heterocycles. The van der Waals surface area contributed by atoms with Crippen LogP contribution >= 0.6 is 11.6 Å². The number of amides is 2. The predicted octanol–water partition coefficient (Wildman–Crippen LogP) is 1.14. The van der Waals surface area contributed by atoms with Crippen molar-refractivity contribution in [1.29, 1.82) is 0 Å². The zero-order valence-corrected chi connectivity index (χ0v) is 8.64. The highest BCUT2D eigenvalue weighted by Crippen LogP contribution is 2.19. The van der Waals surface area contributed by atoms with Crippen LogP contribution < -0.4 is 16.8 Å². The lowest BCUT2D eigenvalue weighted by molar-refractivity contribution is 0.259. The second-order valence-corrected chi connectivity index (χ2v) is 3.10. The molecule has 1 aromatic rings. The molecule has 5 N–H and O–H groups in total. The fourth-order valence-electron chi connectivity index (χ4n) is 0.987. The number of nitrogens with two attached hydrogens (primary N) is 2. The molecule has 0 bridgehead atoms. The summed E-state index contributed by atoms with van der Waals surface area (Å²) >= 11 is 5.88. The summed E-state index contributed by atoms with van der Waals surface area (Å²) in [5.41, 5.74) is 11.4. The highest BCUT2D eigenvalue weighted by Gasteiger charge is 2.00. The van der Waals surface area contributed by atoms with Crippen molar-refractivity contribution in [3.05, 3.63) is 28.8 Å². The quantitative estimate of drug-likeness (QED) is 0.624. The number of carbonyl (C=O) groups is 1. The third-order valence-electron chi connectivity index (χ3n) is 1.56. The van der Waals surface area contributed by atoms with Gasteiger partial charge in [0.2, 0.25) is 0 Å². The summed E-state index contributed by atoms with van der Waals surface area (Å²) in [6.45, 7) is 0.254. The van der Waals surface area contributed by atoms with Crippen LogP contribution in [0.25, 0.3) is 0 Å². The molecule has 1 rings (SSSR count). The number of benzene rings is 1. The molecule has 0 aliphatic rings. The number of nitrogens with one attached hydrogen (secondary N) is 1. The summed E-state index contributed by atoms with van der Waals surface area (Å²) in [7, 11) is 0. The Morgan fingerprint density at radius 1 is 1.53 bits per heavy atom. The molecule has 0 aromatic heterocycles. The molecule has 78 valence electrons. The number of primary amides is 1. The van der Waals surface area contributed by atoms with Gasteiger partial charge in [-0.3, -0.25) is 0 Å². The van der Waals surface area contributed by atoms with Crippen molar-refractivity contribution in [3.63, 3.8) is 0 Å². The molecule has 15 heavy (non-hydrogen) atoms. The van der Waals surface area contributed by atoms with Crippen LogP contribution in [0, 0.1) is 11.8 Å². The van der Waals surface area contributed by atoms with E-state index in [2.05, 4.69) is 17.2 Å². The van der Waals surface area contributed by atoms with Crippen molar-refractivity contribution in [2.24, 2.45) is 11.5 Å². The fourth-order valence-corrected chi connectivity index (χ4v) is 1.15. The summed E-state index contributed by atoms with van der Waals surface area (Å²) in [6, 6.07) is 4.28. The summed E-state index contributed by atoms with van der Waals surface area (Å²) < 4.78 is 0. The lowest BCUT2D eigenvalue weighted by Crippen LogP contribution is -2.19. The van der Waals surface area contributed by atoms with Crippen molar-refractivity contribution in [2.75, 3.05) is 11.9 Å². The third kappa shape index (κ3) is 3.50. The molecule has 0 fully saturated rings. The molecular weight excluding hydrogens is 214 g/mol. The van der Waals surface area contributed by atoms with E-state index in [1.807, 2.05) is 0 Å². The van der Waals surface area contributed by atoms with Gasteiger partial charge < -0.3 is 16.8 Å². The van der Waals surface area contributed by atoms with Gasteiger partial charge in [-0.15, -0.1) is 0 Å². The van der Waals surface area contributed by atoms with E-state index in [-0.39, 0.29) is 6.54 Å². The molecule has 0 aliphatic carbocycles. The number of carbonyl (C=O) groups excluding carboxylic acids is 1. The molecule has 1 aromatic carbocycles. The van der Waals surface area contributed by atoms with Crippen LogP contribution in [0.2, 0.25) is 5.02 Å². The molecule has 0 unspecified atom stereocenters. The smallest absolute Gasteiger partial charge is 0.316 e. The van der Waals surface area contributed by atoms with Gasteiger partial charge in [-0.05, 0) is 18.2 Å². The van der Waals surface area contributed by atoms with E-state index in [0.29, 0.717) is 16.3 Å². The van der Waals surface area contributed by atoms with E-state index in [0.717, 1.165) is 0 Å². The maximum atomic E-state index is 10.6. The third-order valence-corrected chi connectivity index (χ3v) is 1.89. The number of hydrogen-bond donors (Lipinski definition) is 3. The molecule has 5 heteroatoms. The Kier molecular flexibility index (Phi) is 3.98. The normalized spacial score (nSPS) is 8.93. The van der Waals surface area contributed by atoms with Gasteiger partial charge in [-0.1, -0.05) is 23.4 Å². The topological polar surface area (TPSA) is 81.1 Å². The van der Waals surface area contributed by atoms with E-state index >= 15 is 0 Å². The van der Waals surface area contributed by atoms with E-state index in [1.54, 1.807) is 18.2 Å². The van der Waals surface area contributed by atoms with Gasteiger partial charge in [-0.2, -0.15) is 0 Å². The first-order valence-corrected chi connectivity index (χ1v) is 4.56. The average molecular weight is 224 g/mol. The number of rotatable bonds is 1. The molecule has 0 atom stereocenters. The fraction of sp³-hybridized carbons (Fsp3) is 0.100. The Morgan fingerprint density at radius 3 is 2.87 bits per heavy atom. The molecule has 0 radical (unpaired) electrons. The number of hydrogen-bond acceptors (Lipinski definition) is 2. The first-order chi connectivity index (χ1) is 7.13. The van der Waals surface area contributed by atoms with Gasteiger partial charge in [0.1, 0.15) is 0 Å². The standard InChI is InChI=1S/C10H10ClN3O/c11-9-4-3-8(14-10(13)15)6-7(9)2-1-5-12/h3-4,6H,5,12H2,(H3,13,14,15). The largest absolute Gasteiger partial charge is 0.351 e. The van der Waals surface area contributed by atoms with Gasteiger partial charge >= 0.3 is 6.03 Å². The lowest BCUT2D eigenvalue weighted by Gasteiger charge is -2.03. The second kappa shape index (κ2) is 5.25. The molecular formula is C10H10ClN3O. The van der Waals surface area contributed by atoms with Crippen LogP contribution in [-0.2, 0) is 0 Å². The predicted molar refractivity (Wildman–Crippen MR) is 60.6 cm³/mol. The summed E-state index contributed by atoms with van der Waals surface area (Å²) in [5.74, 6) is 5.46. The minimum atomic E-state index is -0.630. The number of urea groups is 1. The van der Waals surface area contributed by atoms with Gasteiger partial charge in [0.15, 0.2) is 0 Å². The van der Waals surface area contributed by atoms with Gasteiger partial charge in [0.25, 0.3) is 0 Å². The molecule has 0 saturated carbocycles. The van der Waals surface area contributed by atoms with Crippen molar-refractivity contribution in [1.82, 2.24) is 0 Å². The number of anilines is 1. The number of halogens is 1. The van der Waals surface area contributed by atoms with Crippen LogP contribution in [0.15, 0.2) is 18.2 Å². The Bertz CT molecular complexity index is 434. The Balaban J connectivity index is 2.99. The molecule has 0 aliphatic heterocycles. The Labute approximate surface area is 92.6 Å². The Hall–Kier alpha value is -1.70. The summed E-state index contributed by atoms with van der Waals surface area (Å²) in [5, 5.41) is 2.94. The van der Waals surface area contributed by atoms with E-state index in [9.17, 15) is 4.79 Å². The maximum absolute atomic E-state index is 10.6. The average Bonchev–Trinajstić information content (AvgIpc) is 2.18. The highest BCUT2D eigenvalue weighted by molar-refractivity contribution is 6.31. The maximum Gasteiger partial charge on any atom is 0.316 e. The van der Waals surface area contributed by atoms with Crippen molar-refractivity contribution in [2.45, 2.75) is 0 Å². The first-order valence-electron chi connectivity index (χ1n) is 4.18. The molecule has 2 amide bonds. The minimum Gasteiger partial charge on any atom is -0.351 e. The van der Waals surface area contributed by atoms with Crippen LogP contribution in [0.4, 0.5) is 10.5 Å². The van der Waals surface area contributed by atoms with Crippen LogP contribution in [0.5, 0.6) is 0 Å². The zero-order valence-electron chi connectivity index (χ0n) is 7.88. The van der Waals surface area contributed by atoms with Gasteiger partial charge in [0, 0.05) is 11.3 Å². The SMILES string of the molecule is NCC#Cc1cc(NC(N)=O)ccc1Cl.